The van der Waals surface area contributed by atoms with Crippen LogP contribution in [0.1, 0.15) is 19.0 Å². The number of aromatic nitrogens is 1. The lowest BCUT2D eigenvalue weighted by atomic mass is 10.1. The summed E-state index contributed by atoms with van der Waals surface area (Å²) in [6, 6.07) is 0. The summed E-state index contributed by atoms with van der Waals surface area (Å²) in [5, 5.41) is 0.288. The smallest absolute Gasteiger partial charge is 0.252 e. The van der Waals surface area contributed by atoms with Crippen LogP contribution >= 0.6 is 11.3 Å². The van der Waals surface area contributed by atoms with Crippen LogP contribution in [0, 0.1) is 12.8 Å². The van der Waals surface area contributed by atoms with Gasteiger partial charge in [-0.1, -0.05) is 18.3 Å². The molecular formula is C11H20N4O2S2. The highest BCUT2D eigenvalue weighted by molar-refractivity contribution is 7.91. The van der Waals surface area contributed by atoms with Crippen molar-refractivity contribution < 1.29 is 8.42 Å². The average Bonchev–Trinajstić information content (AvgIpc) is 2.93. The van der Waals surface area contributed by atoms with Gasteiger partial charge in [-0.05, 0) is 32.4 Å². The fourth-order valence-electron chi connectivity index (χ4n) is 2.31. The molecule has 1 atom stereocenters. The first-order valence-corrected chi connectivity index (χ1v) is 8.67. The molecule has 0 spiro atoms. The van der Waals surface area contributed by atoms with E-state index in [9.17, 15) is 8.42 Å². The maximum Gasteiger partial charge on any atom is 0.252 e. The molecule has 2 rings (SSSR count). The Bertz CT molecular complexity index is 541. The van der Waals surface area contributed by atoms with Crippen molar-refractivity contribution in [1.29, 1.82) is 0 Å². The van der Waals surface area contributed by atoms with Gasteiger partial charge in [-0.3, -0.25) is 0 Å². The Morgan fingerprint density at radius 1 is 1.58 bits per heavy atom. The van der Waals surface area contributed by atoms with Crippen molar-refractivity contribution in [3.05, 3.63) is 5.69 Å². The second-order valence-corrected chi connectivity index (χ2v) is 7.82. The Labute approximate surface area is 118 Å². The summed E-state index contributed by atoms with van der Waals surface area (Å²) >= 11 is 1.01. The SMILES string of the molecule is CCN1CCC(CNS(=O)(=O)c2sc(N)nc2C)C1. The molecule has 19 heavy (non-hydrogen) atoms. The normalized spacial score (nSPS) is 21.1. The van der Waals surface area contributed by atoms with Gasteiger partial charge < -0.3 is 10.6 Å². The molecule has 108 valence electrons. The summed E-state index contributed by atoms with van der Waals surface area (Å²) in [7, 11) is -3.47. The first-order chi connectivity index (χ1) is 8.92. The van der Waals surface area contributed by atoms with Crippen LogP contribution in [0.5, 0.6) is 0 Å². The second kappa shape index (κ2) is 5.74. The maximum atomic E-state index is 12.2. The molecule has 0 aromatic carbocycles. The van der Waals surface area contributed by atoms with Crippen molar-refractivity contribution in [2.75, 3.05) is 31.9 Å². The fraction of sp³-hybridized carbons (Fsp3) is 0.727. The van der Waals surface area contributed by atoms with E-state index >= 15 is 0 Å². The molecule has 1 aliphatic rings. The van der Waals surface area contributed by atoms with E-state index in [1.807, 2.05) is 0 Å². The lowest BCUT2D eigenvalue weighted by molar-refractivity contribution is 0.342. The topological polar surface area (TPSA) is 88.3 Å². The minimum Gasteiger partial charge on any atom is -0.375 e. The molecule has 0 aliphatic carbocycles. The summed E-state index contributed by atoms with van der Waals surface area (Å²) in [5.41, 5.74) is 6.01. The molecule has 1 aromatic rings. The lowest BCUT2D eigenvalue weighted by Crippen LogP contribution is -2.31. The van der Waals surface area contributed by atoms with Crippen molar-refractivity contribution in [3.63, 3.8) is 0 Å². The van der Waals surface area contributed by atoms with E-state index in [4.69, 9.17) is 5.73 Å². The zero-order valence-corrected chi connectivity index (χ0v) is 12.9. The van der Waals surface area contributed by atoms with E-state index in [0.29, 0.717) is 18.2 Å². The highest BCUT2D eigenvalue weighted by atomic mass is 32.2. The van der Waals surface area contributed by atoms with Gasteiger partial charge in [0.05, 0.1) is 5.69 Å². The van der Waals surface area contributed by atoms with Gasteiger partial charge in [0.2, 0.25) is 0 Å². The maximum absolute atomic E-state index is 12.2. The Morgan fingerprint density at radius 2 is 2.32 bits per heavy atom. The Balaban J connectivity index is 1.97. The molecule has 6 nitrogen and oxygen atoms in total. The van der Waals surface area contributed by atoms with Gasteiger partial charge in [-0.2, -0.15) is 0 Å². The van der Waals surface area contributed by atoms with Crippen molar-refractivity contribution in [2.45, 2.75) is 24.5 Å². The number of rotatable bonds is 5. The molecule has 8 heteroatoms. The number of nitrogens with two attached hydrogens (primary N) is 1. The van der Waals surface area contributed by atoms with Gasteiger partial charge in [0.1, 0.15) is 0 Å². The third-order valence-corrected chi connectivity index (χ3v) is 6.41. The van der Waals surface area contributed by atoms with Crippen LogP contribution in [0.2, 0.25) is 0 Å². The predicted molar refractivity (Wildman–Crippen MR) is 76.7 cm³/mol. The zero-order valence-electron chi connectivity index (χ0n) is 11.2. The standard InChI is InChI=1S/C11H20N4O2S2/c1-3-15-5-4-9(7-15)6-13-19(16,17)10-8(2)14-11(12)18-10/h9,13H,3-7H2,1-2H3,(H2,12,14). The van der Waals surface area contributed by atoms with Crippen LogP contribution in [-0.4, -0.2) is 44.5 Å². The molecule has 0 radical (unpaired) electrons. The number of hydrogen-bond acceptors (Lipinski definition) is 6. The monoisotopic (exact) mass is 304 g/mol. The molecule has 3 N–H and O–H groups in total. The molecule has 1 saturated heterocycles. The molecule has 2 heterocycles. The van der Waals surface area contributed by atoms with Crippen molar-refractivity contribution in [2.24, 2.45) is 5.92 Å². The zero-order chi connectivity index (χ0) is 14.0. The van der Waals surface area contributed by atoms with Gasteiger partial charge in [0, 0.05) is 13.1 Å². The van der Waals surface area contributed by atoms with Gasteiger partial charge in [-0.25, -0.2) is 18.1 Å². The van der Waals surface area contributed by atoms with Crippen molar-refractivity contribution in [3.8, 4) is 0 Å². The van der Waals surface area contributed by atoms with Crippen LogP contribution in [-0.2, 0) is 10.0 Å². The van der Waals surface area contributed by atoms with Crippen LogP contribution in [0.4, 0.5) is 5.13 Å². The van der Waals surface area contributed by atoms with Crippen LogP contribution < -0.4 is 10.5 Å². The molecule has 1 aromatic heterocycles. The van der Waals surface area contributed by atoms with E-state index in [0.717, 1.165) is 37.4 Å². The Hall–Kier alpha value is -0.700. The molecule has 1 aliphatic heterocycles. The average molecular weight is 304 g/mol. The number of aryl methyl sites for hydroxylation is 1. The molecular weight excluding hydrogens is 284 g/mol. The number of nitrogens with zero attached hydrogens (tertiary/aromatic N) is 2. The Kier molecular flexibility index (Phi) is 4.44. The number of likely N-dealkylation sites (tertiary alicyclic amines) is 1. The Morgan fingerprint density at radius 3 is 2.84 bits per heavy atom. The van der Waals surface area contributed by atoms with Crippen LogP contribution in [0.3, 0.4) is 0 Å². The van der Waals surface area contributed by atoms with E-state index in [2.05, 4.69) is 21.5 Å². The predicted octanol–water partition coefficient (Wildman–Crippen LogP) is 0.654. The van der Waals surface area contributed by atoms with Crippen molar-refractivity contribution in [1.82, 2.24) is 14.6 Å². The first kappa shape index (κ1) is 14.7. The van der Waals surface area contributed by atoms with E-state index in [1.165, 1.54) is 0 Å². The van der Waals surface area contributed by atoms with Crippen molar-refractivity contribution >= 4 is 26.5 Å². The van der Waals surface area contributed by atoms with E-state index in [1.54, 1.807) is 6.92 Å². The quantitative estimate of drug-likeness (QED) is 0.834. The lowest BCUT2D eigenvalue weighted by Gasteiger charge is -2.13. The molecule has 1 unspecified atom stereocenters. The third kappa shape index (κ3) is 3.44. The summed E-state index contributed by atoms with van der Waals surface area (Å²) in [6.07, 6.45) is 1.04. The van der Waals surface area contributed by atoms with E-state index in [-0.39, 0.29) is 9.34 Å². The molecule has 1 fully saturated rings. The number of nitrogens with one attached hydrogen (secondary N) is 1. The molecule has 0 saturated carbocycles. The van der Waals surface area contributed by atoms with Gasteiger partial charge in [0.25, 0.3) is 10.0 Å². The van der Waals surface area contributed by atoms with Crippen LogP contribution in [0.15, 0.2) is 4.21 Å². The van der Waals surface area contributed by atoms with Gasteiger partial charge in [-0.15, -0.1) is 0 Å². The summed E-state index contributed by atoms with van der Waals surface area (Å²) in [5.74, 6) is 0.389. The van der Waals surface area contributed by atoms with Gasteiger partial charge in [0.15, 0.2) is 9.34 Å². The number of hydrogen-bond donors (Lipinski definition) is 2. The minimum atomic E-state index is -3.47. The third-order valence-electron chi connectivity index (χ3n) is 3.39. The number of anilines is 1. The number of nitrogen functional groups attached to an aromatic ring is 1. The second-order valence-electron chi connectivity index (χ2n) is 4.82. The largest absolute Gasteiger partial charge is 0.375 e. The fourth-order valence-corrected chi connectivity index (χ4v) is 4.77. The summed E-state index contributed by atoms with van der Waals surface area (Å²) in [4.78, 5) is 6.28. The minimum absolute atomic E-state index is 0.232. The highest BCUT2D eigenvalue weighted by Gasteiger charge is 2.25. The molecule has 0 bridgehead atoms. The summed E-state index contributed by atoms with van der Waals surface area (Å²) < 4.78 is 27.2. The summed E-state index contributed by atoms with van der Waals surface area (Å²) in [6.45, 7) is 7.30. The van der Waals surface area contributed by atoms with E-state index < -0.39 is 10.0 Å². The molecule has 0 amide bonds. The first-order valence-electron chi connectivity index (χ1n) is 6.37. The van der Waals surface area contributed by atoms with Crippen LogP contribution in [0.25, 0.3) is 0 Å². The number of sulfonamides is 1. The highest BCUT2D eigenvalue weighted by Crippen LogP contribution is 2.25. The van der Waals surface area contributed by atoms with Gasteiger partial charge >= 0.3 is 0 Å². The number of thiazole rings is 1.